The zero-order valence-electron chi connectivity index (χ0n) is 32.7. The lowest BCUT2D eigenvalue weighted by atomic mass is 9.89. The lowest BCUT2D eigenvalue weighted by Crippen LogP contribution is -2.06. The number of pyridine rings is 1. The maximum absolute atomic E-state index is 6.75. The summed E-state index contributed by atoms with van der Waals surface area (Å²) in [4.78, 5) is 4.74. The van der Waals surface area contributed by atoms with Crippen molar-refractivity contribution in [1.29, 1.82) is 0 Å². The van der Waals surface area contributed by atoms with Crippen molar-refractivity contribution in [3.63, 3.8) is 0 Å². The molecule has 3 heterocycles. The second kappa shape index (κ2) is 14.9. The third kappa shape index (κ3) is 7.33. The SMILES string of the molecule is COc1ccnc(-n2c3ccccc3c3ccc(Oc4cc(C)cc(-n5nc(CCC(C)C)c(-c6c(C)cc(C)cc6C)c5CCC(C)C)c4)cc32)c1. The van der Waals surface area contributed by atoms with Gasteiger partial charge in [0.2, 0.25) is 0 Å². The van der Waals surface area contributed by atoms with E-state index >= 15 is 0 Å². The molecule has 0 bridgehead atoms. The second-order valence-electron chi connectivity index (χ2n) is 15.5. The van der Waals surface area contributed by atoms with Crippen LogP contribution >= 0.6 is 0 Å². The Balaban J connectivity index is 1.35. The molecule has 6 nitrogen and oxygen atoms in total. The molecule has 0 saturated carbocycles. The molecule has 53 heavy (non-hydrogen) atoms. The minimum absolute atomic E-state index is 0.569. The van der Waals surface area contributed by atoms with Crippen LogP contribution in [0.25, 0.3) is 44.4 Å². The molecule has 0 aliphatic heterocycles. The summed E-state index contributed by atoms with van der Waals surface area (Å²) in [5.41, 5.74) is 13.3. The minimum Gasteiger partial charge on any atom is -0.497 e. The first-order valence-corrected chi connectivity index (χ1v) is 19.0. The average molecular weight is 705 g/mol. The van der Waals surface area contributed by atoms with E-state index in [-0.39, 0.29) is 0 Å². The molecule has 6 heteroatoms. The van der Waals surface area contributed by atoms with E-state index in [1.165, 1.54) is 39.2 Å². The molecule has 0 fully saturated rings. The first-order valence-electron chi connectivity index (χ1n) is 19.0. The number of methoxy groups -OCH3 is 1. The van der Waals surface area contributed by atoms with Gasteiger partial charge in [-0.25, -0.2) is 9.67 Å². The van der Waals surface area contributed by atoms with Gasteiger partial charge in [0.25, 0.3) is 0 Å². The Bertz CT molecular complexity index is 2410. The maximum Gasteiger partial charge on any atom is 0.141 e. The number of benzene rings is 4. The molecule has 0 unspecified atom stereocenters. The largest absolute Gasteiger partial charge is 0.497 e. The first-order chi connectivity index (χ1) is 25.5. The molecule has 0 atom stereocenters. The van der Waals surface area contributed by atoms with E-state index in [2.05, 4.69) is 137 Å². The van der Waals surface area contributed by atoms with Crippen LogP contribution in [0.15, 0.2) is 91.1 Å². The van der Waals surface area contributed by atoms with Gasteiger partial charge in [-0.1, -0.05) is 63.6 Å². The van der Waals surface area contributed by atoms with E-state index in [4.69, 9.17) is 19.6 Å². The van der Waals surface area contributed by atoms with Crippen LogP contribution in [-0.2, 0) is 12.8 Å². The lowest BCUT2D eigenvalue weighted by molar-refractivity contribution is 0.414. The van der Waals surface area contributed by atoms with E-state index in [1.54, 1.807) is 13.3 Å². The summed E-state index contributed by atoms with van der Waals surface area (Å²) in [5, 5.41) is 7.76. The Hall–Kier alpha value is -5.36. The highest BCUT2D eigenvalue weighted by atomic mass is 16.5. The van der Waals surface area contributed by atoms with Crippen molar-refractivity contribution in [1.82, 2.24) is 19.3 Å². The van der Waals surface area contributed by atoms with E-state index in [9.17, 15) is 0 Å². The molecular weight excluding hydrogens is 653 g/mol. The van der Waals surface area contributed by atoms with Crippen molar-refractivity contribution in [2.45, 2.75) is 81.1 Å². The van der Waals surface area contributed by atoms with Crippen molar-refractivity contribution >= 4 is 21.8 Å². The van der Waals surface area contributed by atoms with Crippen molar-refractivity contribution < 1.29 is 9.47 Å². The normalized spacial score (nSPS) is 11.8. The fraction of sp³-hybridized carbons (Fsp3) is 0.319. The van der Waals surface area contributed by atoms with Gasteiger partial charge >= 0.3 is 0 Å². The molecule has 3 aromatic heterocycles. The summed E-state index contributed by atoms with van der Waals surface area (Å²) in [6.07, 6.45) is 5.84. The molecule has 0 amide bonds. The van der Waals surface area contributed by atoms with Gasteiger partial charge in [-0.2, -0.15) is 5.10 Å². The average Bonchev–Trinajstić information content (AvgIpc) is 3.64. The molecule has 7 rings (SSSR count). The highest BCUT2D eigenvalue weighted by Gasteiger charge is 2.24. The number of nitrogens with zero attached hydrogens (tertiary/aromatic N) is 4. The molecule has 0 aliphatic carbocycles. The third-order valence-corrected chi connectivity index (χ3v) is 10.2. The summed E-state index contributed by atoms with van der Waals surface area (Å²) in [6.45, 7) is 18.0. The number of hydrogen-bond donors (Lipinski definition) is 0. The molecule has 0 radical (unpaired) electrons. The number of hydrogen-bond acceptors (Lipinski definition) is 4. The minimum atomic E-state index is 0.569. The van der Waals surface area contributed by atoms with Crippen molar-refractivity contribution in [3.8, 4) is 39.9 Å². The maximum atomic E-state index is 6.75. The second-order valence-corrected chi connectivity index (χ2v) is 15.5. The van der Waals surface area contributed by atoms with E-state index < -0.39 is 0 Å². The predicted molar refractivity (Wildman–Crippen MR) is 219 cm³/mol. The van der Waals surface area contributed by atoms with Crippen molar-refractivity contribution in [2.24, 2.45) is 11.8 Å². The standard InChI is InChI=1S/C47H52N4O2/c1-29(2)14-18-41-47(46-33(7)22-31(5)23-34(46)8)43(19-15-30(3)4)51(49-41)35-24-32(6)25-38(26-35)53-37-16-17-40-39-12-10-11-13-42(39)50(44(40)27-37)45-28-36(52-9)20-21-48-45/h10-13,16-17,20-30H,14-15,18-19H2,1-9H3. The Labute approximate surface area is 314 Å². The predicted octanol–water partition coefficient (Wildman–Crippen LogP) is 12.2. The molecule has 0 spiro atoms. The zero-order chi connectivity index (χ0) is 37.4. The van der Waals surface area contributed by atoms with E-state index in [0.717, 1.165) is 81.8 Å². The molecule has 0 saturated heterocycles. The Morgan fingerprint density at radius 2 is 1.34 bits per heavy atom. The van der Waals surface area contributed by atoms with Gasteiger partial charge in [-0.15, -0.1) is 0 Å². The first kappa shape index (κ1) is 36.0. The molecule has 7 aromatic rings. The number of para-hydroxylation sites is 1. The Morgan fingerprint density at radius 1 is 0.642 bits per heavy atom. The van der Waals surface area contributed by atoms with E-state index in [1.807, 2.05) is 12.1 Å². The van der Waals surface area contributed by atoms with Gasteiger partial charge in [0.15, 0.2) is 0 Å². The van der Waals surface area contributed by atoms with Gasteiger partial charge in [-0.3, -0.25) is 4.57 Å². The van der Waals surface area contributed by atoms with Crippen LogP contribution < -0.4 is 9.47 Å². The van der Waals surface area contributed by atoms with Crippen LogP contribution in [0.5, 0.6) is 17.2 Å². The van der Waals surface area contributed by atoms with Gasteiger partial charge in [0.05, 0.1) is 35.2 Å². The van der Waals surface area contributed by atoms with Gasteiger partial charge in [0.1, 0.15) is 23.1 Å². The van der Waals surface area contributed by atoms with Gasteiger partial charge in [-0.05, 0) is 124 Å². The molecule has 4 aromatic carbocycles. The summed E-state index contributed by atoms with van der Waals surface area (Å²) in [6, 6.07) is 29.7. The summed E-state index contributed by atoms with van der Waals surface area (Å²) >= 11 is 0. The molecular formula is C47H52N4O2. The van der Waals surface area contributed by atoms with Crippen LogP contribution in [0.1, 0.15) is 74.2 Å². The van der Waals surface area contributed by atoms with Crippen LogP contribution in [0, 0.1) is 39.5 Å². The van der Waals surface area contributed by atoms with Crippen LogP contribution in [0.2, 0.25) is 0 Å². The van der Waals surface area contributed by atoms with Crippen molar-refractivity contribution in [2.75, 3.05) is 7.11 Å². The summed E-state index contributed by atoms with van der Waals surface area (Å²) in [7, 11) is 1.68. The van der Waals surface area contributed by atoms with Crippen LogP contribution in [0.3, 0.4) is 0 Å². The monoisotopic (exact) mass is 704 g/mol. The fourth-order valence-electron chi connectivity index (χ4n) is 7.79. The van der Waals surface area contributed by atoms with Crippen LogP contribution in [-0.4, -0.2) is 26.4 Å². The Kier molecular flexibility index (Phi) is 10.2. The topological polar surface area (TPSA) is 54.1 Å². The molecule has 0 aliphatic rings. The lowest BCUT2D eigenvalue weighted by Gasteiger charge is -2.17. The highest BCUT2D eigenvalue weighted by Crippen LogP contribution is 2.39. The number of aryl methyl sites for hydroxylation is 5. The third-order valence-electron chi connectivity index (χ3n) is 10.2. The van der Waals surface area contributed by atoms with Gasteiger partial charge in [0, 0.05) is 40.7 Å². The number of fused-ring (bicyclic) bond motifs is 3. The number of rotatable bonds is 12. The Morgan fingerprint density at radius 3 is 2.08 bits per heavy atom. The van der Waals surface area contributed by atoms with Crippen molar-refractivity contribution in [3.05, 3.63) is 125 Å². The van der Waals surface area contributed by atoms with Gasteiger partial charge < -0.3 is 9.47 Å². The van der Waals surface area contributed by atoms with Crippen LogP contribution in [0.4, 0.5) is 0 Å². The zero-order valence-corrected chi connectivity index (χ0v) is 32.7. The highest BCUT2D eigenvalue weighted by molar-refractivity contribution is 6.09. The van der Waals surface area contributed by atoms with E-state index in [0.29, 0.717) is 11.8 Å². The summed E-state index contributed by atoms with van der Waals surface area (Å²) in [5.74, 6) is 4.24. The number of ether oxygens (including phenoxy) is 2. The molecule has 272 valence electrons. The smallest absolute Gasteiger partial charge is 0.141 e. The molecule has 0 N–H and O–H groups in total. The fourth-order valence-corrected chi connectivity index (χ4v) is 7.79. The summed E-state index contributed by atoms with van der Waals surface area (Å²) < 4.78 is 16.7. The quantitative estimate of drug-likeness (QED) is 0.127. The number of aromatic nitrogens is 4.